The lowest BCUT2D eigenvalue weighted by Crippen LogP contribution is -2.21. The molecule has 140 valence electrons. The monoisotopic (exact) mass is 430 g/mol. The lowest BCUT2D eigenvalue weighted by Gasteiger charge is -2.23. The minimum Gasteiger partial charge on any atom is -0.511 e. The molecular weight excluding hydrogens is 411 g/mol. The van der Waals surface area contributed by atoms with E-state index in [0.717, 1.165) is 31.2 Å². The average Bonchev–Trinajstić information content (AvgIpc) is 3.10. The molecule has 2 aromatic rings. The van der Waals surface area contributed by atoms with Crippen molar-refractivity contribution in [2.75, 3.05) is 0 Å². The normalized spacial score (nSPS) is 21.7. The summed E-state index contributed by atoms with van der Waals surface area (Å²) in [6, 6.07) is 9.99. The van der Waals surface area contributed by atoms with Crippen LogP contribution in [-0.4, -0.2) is 10.9 Å². The SMILES string of the molecule is CCc1ccc(Oc2ccc(Br)cc2F)cc1C1=C(O)[C@H]2CC[C@H](C2)C1=O. The molecule has 3 nitrogen and oxygen atoms in total. The van der Waals surface area contributed by atoms with E-state index in [4.69, 9.17) is 4.74 Å². The minimum atomic E-state index is -0.473. The summed E-state index contributed by atoms with van der Waals surface area (Å²) in [5, 5.41) is 10.7. The number of hydrogen-bond donors (Lipinski definition) is 1. The molecule has 5 heteroatoms. The van der Waals surface area contributed by atoms with Crippen molar-refractivity contribution in [2.24, 2.45) is 11.8 Å². The molecule has 0 radical (unpaired) electrons. The third-order valence-electron chi connectivity index (χ3n) is 5.55. The van der Waals surface area contributed by atoms with Crippen LogP contribution in [0, 0.1) is 17.7 Å². The van der Waals surface area contributed by atoms with E-state index < -0.39 is 5.82 Å². The number of rotatable bonds is 4. The number of Topliss-reactive ketones (excluding diaryl/α,β-unsaturated/α-hetero) is 1. The number of carbonyl (C=O) groups is 1. The van der Waals surface area contributed by atoms with Gasteiger partial charge in [0.2, 0.25) is 0 Å². The zero-order valence-corrected chi connectivity index (χ0v) is 16.6. The Hall–Kier alpha value is -2.14. The highest BCUT2D eigenvalue weighted by Crippen LogP contribution is 2.46. The molecule has 0 unspecified atom stereocenters. The molecule has 0 aromatic heterocycles. The molecule has 2 atom stereocenters. The maximum atomic E-state index is 14.1. The molecule has 0 heterocycles. The van der Waals surface area contributed by atoms with Gasteiger partial charge < -0.3 is 9.84 Å². The lowest BCUT2D eigenvalue weighted by atomic mass is 9.81. The van der Waals surface area contributed by atoms with E-state index in [2.05, 4.69) is 15.9 Å². The molecular formula is C22H20BrFO3. The van der Waals surface area contributed by atoms with Crippen LogP contribution < -0.4 is 4.74 Å². The molecule has 0 saturated heterocycles. The van der Waals surface area contributed by atoms with Crippen LogP contribution in [0.5, 0.6) is 11.5 Å². The Balaban J connectivity index is 1.76. The van der Waals surface area contributed by atoms with Gasteiger partial charge in [-0.05, 0) is 67.1 Å². The van der Waals surface area contributed by atoms with E-state index in [-0.39, 0.29) is 29.1 Å². The molecule has 1 N–H and O–H groups in total. The number of aryl methyl sites for hydroxylation is 1. The Labute approximate surface area is 166 Å². The van der Waals surface area contributed by atoms with Gasteiger partial charge in [0.1, 0.15) is 11.5 Å². The zero-order chi connectivity index (χ0) is 19.1. The van der Waals surface area contributed by atoms with Gasteiger partial charge in [-0.2, -0.15) is 0 Å². The second-order valence-electron chi connectivity index (χ2n) is 7.18. The third-order valence-corrected chi connectivity index (χ3v) is 6.04. The molecule has 0 aliphatic heterocycles. The molecule has 1 saturated carbocycles. The topological polar surface area (TPSA) is 46.5 Å². The summed E-state index contributed by atoms with van der Waals surface area (Å²) in [5.41, 5.74) is 2.09. The summed E-state index contributed by atoms with van der Waals surface area (Å²) in [6.45, 7) is 2.01. The molecule has 27 heavy (non-hydrogen) atoms. The second-order valence-corrected chi connectivity index (χ2v) is 8.10. The van der Waals surface area contributed by atoms with Gasteiger partial charge in [-0.15, -0.1) is 0 Å². The summed E-state index contributed by atoms with van der Waals surface area (Å²) in [4.78, 5) is 12.9. The van der Waals surface area contributed by atoms with Gasteiger partial charge in [-0.3, -0.25) is 4.79 Å². The number of fused-ring (bicyclic) bond motifs is 2. The average molecular weight is 431 g/mol. The molecule has 2 bridgehead atoms. The van der Waals surface area contributed by atoms with Crippen molar-refractivity contribution < 1.29 is 19.0 Å². The molecule has 2 aromatic carbocycles. The van der Waals surface area contributed by atoms with E-state index in [9.17, 15) is 14.3 Å². The fraction of sp³-hybridized carbons (Fsp3) is 0.318. The fourth-order valence-electron chi connectivity index (χ4n) is 4.12. The predicted molar refractivity (Wildman–Crippen MR) is 105 cm³/mol. The first-order valence-corrected chi connectivity index (χ1v) is 10.0. The van der Waals surface area contributed by atoms with Crippen LogP contribution in [0.1, 0.15) is 37.3 Å². The van der Waals surface area contributed by atoms with E-state index in [1.54, 1.807) is 24.3 Å². The summed E-state index contributed by atoms with van der Waals surface area (Å²) in [7, 11) is 0. The highest BCUT2D eigenvalue weighted by molar-refractivity contribution is 9.10. The molecule has 2 aliphatic carbocycles. The summed E-state index contributed by atoms with van der Waals surface area (Å²) >= 11 is 3.23. The van der Waals surface area contributed by atoms with Crippen molar-refractivity contribution in [2.45, 2.75) is 32.6 Å². The van der Waals surface area contributed by atoms with Crippen LogP contribution in [0.3, 0.4) is 0 Å². The molecule has 1 fully saturated rings. The van der Waals surface area contributed by atoms with Gasteiger partial charge in [-0.25, -0.2) is 4.39 Å². The van der Waals surface area contributed by atoms with Crippen LogP contribution in [0.25, 0.3) is 5.57 Å². The van der Waals surface area contributed by atoms with Gasteiger partial charge in [0.25, 0.3) is 0 Å². The number of ketones is 1. The minimum absolute atomic E-state index is 0.000835. The number of allylic oxidation sites excluding steroid dienone is 2. The standard InChI is InChI=1S/C22H20BrFO3/c1-2-12-5-7-16(27-19-8-6-15(23)10-18(19)24)11-17(12)20-21(25)13-3-4-14(9-13)22(20)26/h5-8,10-11,13-14,25H,2-4,9H2,1H3/t13-,14+/m0/s1. The second kappa shape index (κ2) is 7.12. The fourth-order valence-corrected chi connectivity index (χ4v) is 4.45. The van der Waals surface area contributed by atoms with Crippen LogP contribution in [0.2, 0.25) is 0 Å². The lowest BCUT2D eigenvalue weighted by molar-refractivity contribution is -0.117. The third kappa shape index (κ3) is 3.29. The summed E-state index contributed by atoms with van der Waals surface area (Å²) < 4.78 is 20.5. The van der Waals surface area contributed by atoms with Crippen LogP contribution in [0.4, 0.5) is 4.39 Å². The number of ether oxygens (including phenoxy) is 1. The van der Waals surface area contributed by atoms with Crippen molar-refractivity contribution in [3.05, 3.63) is 63.6 Å². The van der Waals surface area contributed by atoms with E-state index in [0.29, 0.717) is 21.4 Å². The highest BCUT2D eigenvalue weighted by atomic mass is 79.9. The summed E-state index contributed by atoms with van der Waals surface area (Å²) in [6.07, 6.45) is 3.16. The maximum Gasteiger partial charge on any atom is 0.169 e. The van der Waals surface area contributed by atoms with Gasteiger partial charge in [0.15, 0.2) is 17.3 Å². The summed E-state index contributed by atoms with van der Waals surface area (Å²) in [5.74, 6) is 0.369. The molecule has 4 rings (SSSR count). The maximum absolute atomic E-state index is 14.1. The van der Waals surface area contributed by atoms with Crippen LogP contribution in [0.15, 0.2) is 46.6 Å². The smallest absolute Gasteiger partial charge is 0.169 e. The number of hydrogen-bond acceptors (Lipinski definition) is 3. The Morgan fingerprint density at radius 3 is 2.70 bits per heavy atom. The number of carbonyl (C=O) groups excluding carboxylic acids is 1. The Morgan fingerprint density at radius 2 is 1.96 bits per heavy atom. The Bertz CT molecular complexity index is 951. The first-order valence-electron chi connectivity index (χ1n) is 9.21. The molecule has 0 amide bonds. The molecule has 0 spiro atoms. The van der Waals surface area contributed by atoms with Crippen molar-refractivity contribution >= 4 is 27.3 Å². The van der Waals surface area contributed by atoms with E-state index >= 15 is 0 Å². The number of aliphatic hydroxyl groups is 1. The molecule has 2 aliphatic rings. The Kier molecular flexibility index (Phi) is 4.81. The number of halogens is 2. The van der Waals surface area contributed by atoms with E-state index in [1.165, 1.54) is 6.07 Å². The first kappa shape index (κ1) is 18.2. The quantitative estimate of drug-likeness (QED) is 0.626. The van der Waals surface area contributed by atoms with E-state index in [1.807, 2.05) is 13.0 Å². The van der Waals surface area contributed by atoms with Gasteiger partial charge in [0.05, 0.1) is 5.57 Å². The van der Waals surface area contributed by atoms with Gasteiger partial charge in [-0.1, -0.05) is 28.9 Å². The predicted octanol–water partition coefficient (Wildman–Crippen LogP) is 6.21. The number of benzene rings is 2. The van der Waals surface area contributed by atoms with Crippen LogP contribution >= 0.6 is 15.9 Å². The highest BCUT2D eigenvalue weighted by Gasteiger charge is 2.41. The largest absolute Gasteiger partial charge is 0.511 e. The first-order chi connectivity index (χ1) is 13.0. The van der Waals surface area contributed by atoms with Gasteiger partial charge in [0, 0.05) is 16.3 Å². The number of aliphatic hydroxyl groups excluding tert-OH is 1. The van der Waals surface area contributed by atoms with Crippen molar-refractivity contribution in [3.63, 3.8) is 0 Å². The van der Waals surface area contributed by atoms with Crippen LogP contribution in [-0.2, 0) is 11.2 Å². The Morgan fingerprint density at radius 1 is 1.19 bits per heavy atom. The van der Waals surface area contributed by atoms with Gasteiger partial charge >= 0.3 is 0 Å². The zero-order valence-electron chi connectivity index (χ0n) is 15.0. The van der Waals surface area contributed by atoms with Crippen molar-refractivity contribution in [3.8, 4) is 11.5 Å². The van der Waals surface area contributed by atoms with Crippen molar-refractivity contribution in [1.29, 1.82) is 0 Å². The van der Waals surface area contributed by atoms with Crippen molar-refractivity contribution in [1.82, 2.24) is 0 Å².